The van der Waals surface area contributed by atoms with Crippen LogP contribution in [0.3, 0.4) is 0 Å². The van der Waals surface area contributed by atoms with Crippen LogP contribution in [0.5, 0.6) is 0 Å². The number of nitrogens with zero attached hydrogens (tertiary/aromatic N) is 3. The van der Waals surface area contributed by atoms with E-state index in [1.54, 1.807) is 18.2 Å². The third-order valence-electron chi connectivity index (χ3n) is 2.39. The molecule has 0 fully saturated rings. The Bertz CT molecular complexity index is 728. The summed E-state index contributed by atoms with van der Waals surface area (Å²) in [6.07, 6.45) is 1.44. The van der Waals surface area contributed by atoms with Crippen molar-refractivity contribution in [1.29, 1.82) is 5.26 Å². The van der Waals surface area contributed by atoms with E-state index in [-0.39, 0.29) is 11.5 Å². The molecule has 0 saturated heterocycles. The lowest BCUT2D eigenvalue weighted by Gasteiger charge is -2.08. The second-order valence-electron chi connectivity index (χ2n) is 3.71. The fraction of sp³-hybridized carbons (Fsp3) is 0. The Morgan fingerprint density at radius 3 is 2.70 bits per heavy atom. The summed E-state index contributed by atoms with van der Waals surface area (Å²) >= 11 is 6.40. The molecule has 6 nitrogen and oxygen atoms in total. The standard InChI is InChI=1S/C12H6Br2N4O2/c13-8-1-2-10(7(3-8)5-15)17-12-11(18(19)20)4-9(14)6-16-12/h1-4,6H,(H,16,17). The summed E-state index contributed by atoms with van der Waals surface area (Å²) in [6.45, 7) is 0. The molecule has 0 aliphatic heterocycles. The van der Waals surface area contributed by atoms with Crippen molar-refractivity contribution in [2.24, 2.45) is 0 Å². The van der Waals surface area contributed by atoms with E-state index in [4.69, 9.17) is 5.26 Å². The van der Waals surface area contributed by atoms with E-state index in [9.17, 15) is 10.1 Å². The third-order valence-corrected chi connectivity index (χ3v) is 3.31. The molecule has 1 aromatic heterocycles. The van der Waals surface area contributed by atoms with E-state index >= 15 is 0 Å². The van der Waals surface area contributed by atoms with Crippen LogP contribution in [0.4, 0.5) is 17.2 Å². The first-order chi connectivity index (χ1) is 9.51. The first kappa shape index (κ1) is 14.4. The van der Waals surface area contributed by atoms with Gasteiger partial charge in [0, 0.05) is 21.2 Å². The van der Waals surface area contributed by atoms with Gasteiger partial charge in [-0.05, 0) is 34.1 Å². The molecule has 0 unspecified atom stereocenters. The van der Waals surface area contributed by atoms with Crippen molar-refractivity contribution in [2.45, 2.75) is 0 Å². The maximum absolute atomic E-state index is 11.0. The van der Waals surface area contributed by atoms with Gasteiger partial charge >= 0.3 is 5.69 Å². The number of aromatic nitrogens is 1. The van der Waals surface area contributed by atoms with Crippen molar-refractivity contribution in [1.82, 2.24) is 4.98 Å². The molecule has 2 aromatic rings. The fourth-order valence-electron chi connectivity index (χ4n) is 1.51. The number of nitrogens with one attached hydrogen (secondary N) is 1. The smallest absolute Gasteiger partial charge is 0.312 e. The van der Waals surface area contributed by atoms with Crippen LogP contribution in [0.2, 0.25) is 0 Å². The Hall–Kier alpha value is -1.98. The summed E-state index contributed by atoms with van der Waals surface area (Å²) in [7, 11) is 0. The molecular formula is C12H6Br2N4O2. The Balaban J connectivity index is 2.45. The summed E-state index contributed by atoms with van der Waals surface area (Å²) in [5.74, 6) is 0.0806. The molecule has 1 heterocycles. The van der Waals surface area contributed by atoms with E-state index in [1.165, 1.54) is 12.3 Å². The summed E-state index contributed by atoms with van der Waals surface area (Å²) in [6, 6.07) is 8.36. The highest BCUT2D eigenvalue weighted by Crippen LogP contribution is 2.30. The molecule has 0 saturated carbocycles. The number of hydrogen-bond acceptors (Lipinski definition) is 5. The average molecular weight is 398 g/mol. The minimum absolute atomic E-state index is 0.0806. The van der Waals surface area contributed by atoms with Crippen molar-refractivity contribution in [3.8, 4) is 6.07 Å². The molecule has 100 valence electrons. The number of benzene rings is 1. The number of rotatable bonds is 3. The van der Waals surface area contributed by atoms with Crippen LogP contribution in [0.25, 0.3) is 0 Å². The molecule has 0 amide bonds. The molecule has 2 rings (SSSR count). The molecule has 8 heteroatoms. The zero-order valence-electron chi connectivity index (χ0n) is 9.80. The molecule has 0 radical (unpaired) electrons. The SMILES string of the molecule is N#Cc1cc(Br)ccc1Nc1ncc(Br)cc1[N+](=O)[O-]. The zero-order chi connectivity index (χ0) is 14.7. The summed E-state index contributed by atoms with van der Waals surface area (Å²) in [5, 5.41) is 22.9. The first-order valence-electron chi connectivity index (χ1n) is 5.28. The number of nitriles is 1. The van der Waals surface area contributed by atoms with Gasteiger partial charge in [-0.2, -0.15) is 5.26 Å². The van der Waals surface area contributed by atoms with Crippen molar-refractivity contribution in [3.63, 3.8) is 0 Å². The third kappa shape index (κ3) is 3.12. The van der Waals surface area contributed by atoms with Crippen LogP contribution in [0.15, 0.2) is 39.4 Å². The second-order valence-corrected chi connectivity index (χ2v) is 5.54. The number of nitro groups is 1. The molecule has 0 bridgehead atoms. The summed E-state index contributed by atoms with van der Waals surface area (Å²) in [4.78, 5) is 14.4. The van der Waals surface area contributed by atoms with E-state index in [2.05, 4.69) is 42.2 Å². The predicted molar refractivity (Wildman–Crippen MR) is 80.7 cm³/mol. The minimum Gasteiger partial charge on any atom is -0.333 e. The Labute approximate surface area is 130 Å². The van der Waals surface area contributed by atoms with Crippen molar-refractivity contribution >= 4 is 49.1 Å². The van der Waals surface area contributed by atoms with E-state index < -0.39 is 4.92 Å². The predicted octanol–water partition coefficient (Wildman–Crippen LogP) is 4.13. The van der Waals surface area contributed by atoms with Gasteiger partial charge in [0.25, 0.3) is 0 Å². The van der Waals surface area contributed by atoms with Gasteiger partial charge in [0.05, 0.1) is 16.2 Å². The first-order valence-corrected chi connectivity index (χ1v) is 6.86. The van der Waals surface area contributed by atoms with Gasteiger partial charge < -0.3 is 5.32 Å². The lowest BCUT2D eigenvalue weighted by atomic mass is 10.2. The van der Waals surface area contributed by atoms with Gasteiger partial charge in [-0.25, -0.2) is 4.98 Å². The molecule has 0 aliphatic rings. The highest BCUT2D eigenvalue weighted by molar-refractivity contribution is 9.10. The lowest BCUT2D eigenvalue weighted by Crippen LogP contribution is -2.01. The van der Waals surface area contributed by atoms with Crippen LogP contribution < -0.4 is 5.32 Å². The number of halogens is 2. The fourth-order valence-corrected chi connectivity index (χ4v) is 2.19. The molecule has 0 aliphatic carbocycles. The minimum atomic E-state index is -0.537. The van der Waals surface area contributed by atoms with Crippen LogP contribution in [-0.4, -0.2) is 9.91 Å². The van der Waals surface area contributed by atoms with E-state index in [0.29, 0.717) is 15.7 Å². The molecule has 0 atom stereocenters. The lowest BCUT2D eigenvalue weighted by molar-refractivity contribution is -0.384. The van der Waals surface area contributed by atoms with Crippen molar-refractivity contribution < 1.29 is 4.92 Å². The summed E-state index contributed by atoms with van der Waals surface area (Å²) in [5.41, 5.74) is 0.637. The monoisotopic (exact) mass is 396 g/mol. The summed E-state index contributed by atoms with van der Waals surface area (Å²) < 4.78 is 1.25. The van der Waals surface area contributed by atoms with Gasteiger partial charge in [-0.3, -0.25) is 10.1 Å². The van der Waals surface area contributed by atoms with Gasteiger partial charge in [-0.15, -0.1) is 0 Å². The van der Waals surface area contributed by atoms with Gasteiger partial charge in [0.2, 0.25) is 5.82 Å². The normalized spacial score (nSPS) is 9.85. The average Bonchev–Trinajstić information content (AvgIpc) is 2.42. The van der Waals surface area contributed by atoms with Crippen LogP contribution in [-0.2, 0) is 0 Å². The molecule has 0 spiro atoms. The second kappa shape index (κ2) is 5.98. The maximum atomic E-state index is 11.0. The van der Waals surface area contributed by atoms with Crippen LogP contribution in [0, 0.1) is 21.4 Å². The highest BCUT2D eigenvalue weighted by atomic mass is 79.9. The highest BCUT2D eigenvalue weighted by Gasteiger charge is 2.17. The Kier molecular flexibility index (Phi) is 4.32. The zero-order valence-corrected chi connectivity index (χ0v) is 13.0. The van der Waals surface area contributed by atoms with E-state index in [0.717, 1.165) is 4.47 Å². The number of hydrogen-bond donors (Lipinski definition) is 1. The van der Waals surface area contributed by atoms with Gasteiger partial charge in [0.15, 0.2) is 0 Å². The molecule has 1 N–H and O–H groups in total. The van der Waals surface area contributed by atoms with Crippen LogP contribution in [0.1, 0.15) is 5.56 Å². The molecule has 1 aromatic carbocycles. The number of pyridine rings is 1. The largest absolute Gasteiger partial charge is 0.333 e. The van der Waals surface area contributed by atoms with Crippen LogP contribution >= 0.6 is 31.9 Å². The maximum Gasteiger partial charge on any atom is 0.312 e. The topological polar surface area (TPSA) is 91.8 Å². The van der Waals surface area contributed by atoms with Crippen molar-refractivity contribution in [2.75, 3.05) is 5.32 Å². The van der Waals surface area contributed by atoms with Crippen molar-refractivity contribution in [3.05, 3.63) is 55.1 Å². The Morgan fingerprint density at radius 2 is 2.05 bits per heavy atom. The quantitative estimate of drug-likeness (QED) is 0.620. The van der Waals surface area contributed by atoms with Gasteiger partial charge in [-0.1, -0.05) is 15.9 Å². The van der Waals surface area contributed by atoms with Gasteiger partial charge in [0.1, 0.15) is 6.07 Å². The molecular weight excluding hydrogens is 392 g/mol. The molecule has 20 heavy (non-hydrogen) atoms. The Morgan fingerprint density at radius 1 is 1.30 bits per heavy atom. The number of anilines is 2. The van der Waals surface area contributed by atoms with E-state index in [1.807, 2.05) is 6.07 Å².